The largest absolute Gasteiger partial charge is 0.493 e. The number of aromatic nitrogens is 1. The van der Waals surface area contributed by atoms with Gasteiger partial charge in [-0.05, 0) is 29.3 Å². The maximum Gasteiger partial charge on any atom is 0.212 e. The van der Waals surface area contributed by atoms with Crippen LogP contribution in [0, 0.1) is 0 Å². The number of hydrogen-bond donors (Lipinski definition) is 0. The van der Waals surface area contributed by atoms with E-state index in [9.17, 15) is 0 Å². The van der Waals surface area contributed by atoms with Crippen LogP contribution in [-0.4, -0.2) is 14.2 Å². The van der Waals surface area contributed by atoms with Crippen LogP contribution in [0.1, 0.15) is 11.1 Å². The zero-order chi connectivity index (χ0) is 16.2. The van der Waals surface area contributed by atoms with Crippen LogP contribution < -0.4 is 14.0 Å². The van der Waals surface area contributed by atoms with Gasteiger partial charge in [0.15, 0.2) is 17.7 Å². The Labute approximate surface area is 136 Å². The van der Waals surface area contributed by atoms with E-state index in [1.807, 2.05) is 18.2 Å². The van der Waals surface area contributed by atoms with Crippen LogP contribution >= 0.6 is 0 Å². The van der Waals surface area contributed by atoms with E-state index >= 15 is 0 Å². The molecule has 1 aromatic heterocycles. The van der Waals surface area contributed by atoms with E-state index in [-0.39, 0.29) is 0 Å². The predicted octanol–water partition coefficient (Wildman–Crippen LogP) is 3.85. The minimum Gasteiger partial charge on any atom is -0.493 e. The fraction of sp³-hybridized carbons (Fsp3) is 0.150. The van der Waals surface area contributed by atoms with Crippen LogP contribution in [0.4, 0.5) is 0 Å². The third-order valence-corrected chi connectivity index (χ3v) is 3.94. The number of fused-ring (bicyclic) bond motifs is 1. The summed E-state index contributed by atoms with van der Waals surface area (Å²) in [5, 5.41) is 1.23. The molecule has 3 rings (SSSR count). The van der Waals surface area contributed by atoms with Crippen molar-refractivity contribution >= 4 is 23.1 Å². The second-order valence-electron chi connectivity index (χ2n) is 5.35. The minimum absolute atomic E-state index is 0.735. The van der Waals surface area contributed by atoms with Crippen molar-refractivity contribution < 1.29 is 14.0 Å². The summed E-state index contributed by atoms with van der Waals surface area (Å²) in [6.45, 7) is 0. The molecule has 2 aromatic carbocycles. The molecule has 0 spiro atoms. The topological polar surface area (TPSA) is 22.3 Å². The zero-order valence-electron chi connectivity index (χ0n) is 13.6. The van der Waals surface area contributed by atoms with Crippen molar-refractivity contribution in [3.63, 3.8) is 0 Å². The van der Waals surface area contributed by atoms with Gasteiger partial charge in [-0.1, -0.05) is 30.4 Å². The molecule has 0 radical (unpaired) electrons. The van der Waals surface area contributed by atoms with Crippen molar-refractivity contribution in [1.82, 2.24) is 0 Å². The summed E-state index contributed by atoms with van der Waals surface area (Å²) >= 11 is 0. The van der Waals surface area contributed by atoms with Gasteiger partial charge >= 0.3 is 0 Å². The highest BCUT2D eigenvalue weighted by molar-refractivity contribution is 5.88. The number of para-hydroxylation sites is 1. The highest BCUT2D eigenvalue weighted by Crippen LogP contribution is 2.28. The van der Waals surface area contributed by atoms with Crippen LogP contribution in [0.5, 0.6) is 11.5 Å². The minimum atomic E-state index is 0.735. The number of hydrogen-bond acceptors (Lipinski definition) is 2. The van der Waals surface area contributed by atoms with Crippen LogP contribution in [0.25, 0.3) is 23.1 Å². The lowest BCUT2D eigenvalue weighted by Crippen LogP contribution is -2.28. The summed E-state index contributed by atoms with van der Waals surface area (Å²) in [5.41, 5.74) is 3.47. The molecule has 0 N–H and O–H groups in total. The lowest BCUT2D eigenvalue weighted by atomic mass is 10.1. The van der Waals surface area contributed by atoms with Crippen molar-refractivity contribution in [2.75, 3.05) is 14.2 Å². The Morgan fingerprint density at radius 1 is 0.870 bits per heavy atom. The van der Waals surface area contributed by atoms with Gasteiger partial charge in [-0.25, -0.2) is 4.57 Å². The quantitative estimate of drug-likeness (QED) is 0.683. The van der Waals surface area contributed by atoms with E-state index in [2.05, 4.69) is 60.3 Å². The number of methoxy groups -OCH3 is 2. The number of pyridine rings is 1. The number of rotatable bonds is 4. The van der Waals surface area contributed by atoms with Crippen molar-refractivity contribution in [1.29, 1.82) is 0 Å². The Morgan fingerprint density at radius 3 is 2.43 bits per heavy atom. The molecule has 0 aliphatic rings. The SMILES string of the molecule is COc1ccc(/C=C\c2cc[n+](C)c3ccccc23)cc1OC. The van der Waals surface area contributed by atoms with E-state index in [0.717, 1.165) is 17.1 Å². The third kappa shape index (κ3) is 3.04. The Kier molecular flexibility index (Phi) is 4.29. The first kappa shape index (κ1) is 15.1. The predicted molar refractivity (Wildman–Crippen MR) is 93.6 cm³/mol. The molecule has 116 valence electrons. The van der Waals surface area contributed by atoms with Gasteiger partial charge in [-0.3, -0.25) is 0 Å². The van der Waals surface area contributed by atoms with E-state index in [1.165, 1.54) is 16.5 Å². The van der Waals surface area contributed by atoms with Gasteiger partial charge in [0.2, 0.25) is 5.52 Å². The average Bonchev–Trinajstić information content (AvgIpc) is 2.61. The first-order valence-corrected chi connectivity index (χ1v) is 7.50. The second kappa shape index (κ2) is 6.53. The molecule has 0 unspecified atom stereocenters. The Hall–Kier alpha value is -2.81. The molecule has 1 heterocycles. The number of aryl methyl sites for hydroxylation is 1. The van der Waals surface area contributed by atoms with E-state index in [0.29, 0.717) is 0 Å². The molecule has 3 nitrogen and oxygen atoms in total. The van der Waals surface area contributed by atoms with Crippen LogP contribution in [0.3, 0.4) is 0 Å². The molecule has 23 heavy (non-hydrogen) atoms. The van der Waals surface area contributed by atoms with Crippen molar-refractivity contribution in [3.05, 3.63) is 65.9 Å². The number of benzene rings is 2. The maximum absolute atomic E-state index is 5.35. The average molecular weight is 306 g/mol. The fourth-order valence-electron chi connectivity index (χ4n) is 2.68. The van der Waals surface area contributed by atoms with Crippen molar-refractivity contribution in [3.8, 4) is 11.5 Å². The summed E-state index contributed by atoms with van der Waals surface area (Å²) < 4.78 is 12.8. The third-order valence-electron chi connectivity index (χ3n) is 3.94. The highest BCUT2D eigenvalue weighted by atomic mass is 16.5. The van der Waals surface area contributed by atoms with Gasteiger partial charge < -0.3 is 9.47 Å². The molecule has 0 bridgehead atoms. The first-order valence-electron chi connectivity index (χ1n) is 7.50. The standard InChI is InChI=1S/C20H20NO2/c1-21-13-12-16(17-6-4-5-7-18(17)21)10-8-15-9-11-19(22-2)20(14-15)23-3/h4-14H,1-3H3/q+1/b10-8-. The van der Waals surface area contributed by atoms with E-state index in [1.54, 1.807) is 14.2 Å². The highest BCUT2D eigenvalue weighted by Gasteiger charge is 2.07. The molecule has 0 fully saturated rings. The molecule has 0 saturated heterocycles. The molecule has 0 amide bonds. The summed E-state index contributed by atoms with van der Waals surface area (Å²) in [6.07, 6.45) is 6.30. The first-order chi connectivity index (χ1) is 11.2. The molecule has 0 saturated carbocycles. The lowest BCUT2D eigenvalue weighted by Gasteiger charge is -2.07. The Bertz CT molecular complexity index is 869. The monoisotopic (exact) mass is 306 g/mol. The van der Waals surface area contributed by atoms with Crippen LogP contribution in [-0.2, 0) is 7.05 Å². The fourth-order valence-corrected chi connectivity index (χ4v) is 2.68. The number of nitrogens with zero attached hydrogens (tertiary/aromatic N) is 1. The second-order valence-corrected chi connectivity index (χ2v) is 5.35. The maximum atomic E-state index is 5.35. The number of ether oxygens (including phenoxy) is 2. The normalized spacial score (nSPS) is 11.1. The lowest BCUT2D eigenvalue weighted by molar-refractivity contribution is -0.644. The Balaban J connectivity index is 1.99. The van der Waals surface area contributed by atoms with E-state index in [4.69, 9.17) is 9.47 Å². The summed E-state index contributed by atoms with van der Waals surface area (Å²) in [5.74, 6) is 1.47. The molecule has 0 atom stereocenters. The van der Waals surface area contributed by atoms with Gasteiger partial charge in [-0.15, -0.1) is 0 Å². The zero-order valence-corrected chi connectivity index (χ0v) is 13.6. The van der Waals surface area contributed by atoms with Gasteiger partial charge in [0.1, 0.15) is 7.05 Å². The summed E-state index contributed by atoms with van der Waals surface area (Å²) in [4.78, 5) is 0. The molecular formula is C20H20NO2+. The van der Waals surface area contributed by atoms with Gasteiger partial charge in [0.25, 0.3) is 0 Å². The molecular weight excluding hydrogens is 286 g/mol. The van der Waals surface area contributed by atoms with Crippen LogP contribution in [0.2, 0.25) is 0 Å². The molecule has 3 aromatic rings. The smallest absolute Gasteiger partial charge is 0.212 e. The summed E-state index contributed by atoms with van der Waals surface area (Å²) in [7, 11) is 5.35. The van der Waals surface area contributed by atoms with E-state index < -0.39 is 0 Å². The molecule has 3 heteroatoms. The van der Waals surface area contributed by atoms with Gasteiger partial charge in [-0.2, -0.15) is 0 Å². The van der Waals surface area contributed by atoms with Gasteiger partial charge in [0, 0.05) is 12.1 Å². The van der Waals surface area contributed by atoms with Crippen molar-refractivity contribution in [2.45, 2.75) is 0 Å². The molecule has 0 aliphatic carbocycles. The van der Waals surface area contributed by atoms with Crippen molar-refractivity contribution in [2.24, 2.45) is 7.05 Å². The van der Waals surface area contributed by atoms with Gasteiger partial charge in [0.05, 0.1) is 19.6 Å². The summed E-state index contributed by atoms with van der Waals surface area (Å²) in [6, 6.07) is 16.4. The Morgan fingerprint density at radius 2 is 1.65 bits per heavy atom. The van der Waals surface area contributed by atoms with Crippen LogP contribution in [0.15, 0.2) is 54.7 Å². The molecule has 0 aliphatic heterocycles.